The van der Waals surface area contributed by atoms with Gasteiger partial charge in [-0.2, -0.15) is 0 Å². The number of aryl methyl sites for hydroxylation is 1. The van der Waals surface area contributed by atoms with Gasteiger partial charge in [-0.05, 0) is 41.1 Å². The zero-order valence-electron chi connectivity index (χ0n) is 10.4. The van der Waals surface area contributed by atoms with Gasteiger partial charge in [-0.3, -0.25) is 0 Å². The lowest BCUT2D eigenvalue weighted by Gasteiger charge is -2.09. The number of hydrogen-bond acceptors (Lipinski definition) is 4. The smallest absolute Gasteiger partial charge is 0.133 e. The van der Waals surface area contributed by atoms with Crippen molar-refractivity contribution in [1.29, 1.82) is 0 Å². The van der Waals surface area contributed by atoms with Crippen molar-refractivity contribution in [3.8, 4) is 5.75 Å². The summed E-state index contributed by atoms with van der Waals surface area (Å²) >= 11 is 10.0. The summed E-state index contributed by atoms with van der Waals surface area (Å²) in [4.78, 5) is 5.86. The molecule has 0 saturated carbocycles. The third kappa shape index (κ3) is 3.75. The predicted molar refractivity (Wildman–Crippen MR) is 86.1 cm³/mol. The largest absolute Gasteiger partial charge is 0.492 e. The lowest BCUT2D eigenvalue weighted by molar-refractivity contribution is 0.320. The molecule has 0 atom stereocenters. The maximum atomic E-state index is 5.75. The van der Waals surface area contributed by atoms with Gasteiger partial charge in [0.1, 0.15) is 10.7 Å². The number of rotatable bonds is 5. The first kappa shape index (κ1) is 14.4. The van der Waals surface area contributed by atoms with Gasteiger partial charge in [-0.1, -0.05) is 12.2 Å². The van der Waals surface area contributed by atoms with Crippen molar-refractivity contribution in [1.82, 2.24) is 4.98 Å². The fraction of sp³-hybridized carbons (Fsp3) is 0.231. The number of thiocarbonyl (C=S) groups is 1. The highest BCUT2D eigenvalue weighted by Gasteiger charge is 2.06. The number of aromatic nitrogens is 1. The number of nitrogens with two attached hydrogens (primary N) is 1. The summed E-state index contributed by atoms with van der Waals surface area (Å²) in [5, 5.41) is 0. The highest BCUT2D eigenvalue weighted by atomic mass is 79.9. The molecule has 0 amide bonds. The number of ether oxygens (including phenoxy) is 1. The van der Waals surface area contributed by atoms with Crippen LogP contribution in [0.15, 0.2) is 28.2 Å². The first-order valence-corrected chi connectivity index (χ1v) is 7.77. The lowest BCUT2D eigenvalue weighted by Crippen LogP contribution is -2.09. The Hall–Kier alpha value is -0.980. The third-order valence-electron chi connectivity index (χ3n) is 2.65. The van der Waals surface area contributed by atoms with Crippen molar-refractivity contribution in [2.24, 2.45) is 5.73 Å². The first-order chi connectivity index (χ1) is 9.08. The zero-order chi connectivity index (χ0) is 13.8. The Kier molecular flexibility index (Phi) is 4.90. The first-order valence-electron chi connectivity index (χ1n) is 5.69. The fourth-order valence-electron chi connectivity index (χ4n) is 1.59. The number of benzene rings is 1. The molecular weight excluding hydrogens is 344 g/mol. The molecule has 100 valence electrons. The van der Waals surface area contributed by atoms with Crippen LogP contribution >= 0.6 is 39.5 Å². The molecule has 0 aliphatic rings. The molecule has 0 aliphatic carbocycles. The van der Waals surface area contributed by atoms with E-state index in [1.54, 1.807) is 11.3 Å². The zero-order valence-corrected chi connectivity index (χ0v) is 13.6. The number of nitrogens with zero attached hydrogens (tertiary/aromatic N) is 1. The molecule has 19 heavy (non-hydrogen) atoms. The predicted octanol–water partition coefficient (Wildman–Crippen LogP) is 3.47. The molecule has 3 nitrogen and oxygen atoms in total. The Morgan fingerprint density at radius 2 is 2.32 bits per heavy atom. The van der Waals surface area contributed by atoms with E-state index in [1.165, 1.54) is 4.88 Å². The summed E-state index contributed by atoms with van der Waals surface area (Å²) in [6.45, 7) is 2.63. The van der Waals surface area contributed by atoms with Crippen molar-refractivity contribution in [2.45, 2.75) is 13.3 Å². The fourth-order valence-corrected chi connectivity index (χ4v) is 2.97. The molecule has 0 bridgehead atoms. The van der Waals surface area contributed by atoms with Gasteiger partial charge in [0.15, 0.2) is 0 Å². The lowest BCUT2D eigenvalue weighted by atomic mass is 10.2. The molecule has 0 radical (unpaired) electrons. The summed E-state index contributed by atoms with van der Waals surface area (Å²) in [6.07, 6.45) is 0.861. The van der Waals surface area contributed by atoms with Crippen LogP contribution in [0.5, 0.6) is 5.75 Å². The van der Waals surface area contributed by atoms with Crippen molar-refractivity contribution in [2.75, 3.05) is 6.61 Å². The van der Waals surface area contributed by atoms with E-state index in [4.69, 9.17) is 22.7 Å². The van der Waals surface area contributed by atoms with Crippen LogP contribution in [0.4, 0.5) is 0 Å². The summed E-state index contributed by atoms with van der Waals surface area (Å²) in [5.74, 6) is 0.794. The highest BCUT2D eigenvalue weighted by Crippen LogP contribution is 2.26. The number of halogens is 1. The van der Waals surface area contributed by atoms with Gasteiger partial charge in [0.2, 0.25) is 0 Å². The average Bonchev–Trinajstić information content (AvgIpc) is 2.77. The summed E-state index contributed by atoms with van der Waals surface area (Å²) in [5.41, 5.74) is 9.34. The Balaban J connectivity index is 1.96. The minimum atomic E-state index is 0.382. The second-order valence-corrected chi connectivity index (χ2v) is 6.20. The average molecular weight is 357 g/mol. The van der Waals surface area contributed by atoms with Crippen LogP contribution in [0, 0.1) is 6.92 Å². The number of hydrogen-bond donors (Lipinski definition) is 1. The van der Waals surface area contributed by atoms with Gasteiger partial charge in [-0.15, -0.1) is 11.3 Å². The molecule has 2 aromatic rings. The van der Waals surface area contributed by atoms with Gasteiger partial charge in [-0.25, -0.2) is 4.98 Å². The van der Waals surface area contributed by atoms with E-state index in [0.29, 0.717) is 11.6 Å². The molecule has 2 rings (SSSR count). The molecule has 0 aliphatic heterocycles. The Bertz CT molecular complexity index is 598. The Morgan fingerprint density at radius 3 is 2.89 bits per heavy atom. The summed E-state index contributed by atoms with van der Waals surface area (Å²) in [6, 6.07) is 5.61. The number of thiazole rings is 1. The van der Waals surface area contributed by atoms with Crippen LogP contribution in [0.3, 0.4) is 0 Å². The van der Waals surface area contributed by atoms with E-state index in [2.05, 4.69) is 20.9 Å². The van der Waals surface area contributed by atoms with E-state index < -0.39 is 0 Å². The standard InChI is InChI=1S/C13H13BrN2OS2/c1-8-12(19-7-16-8)4-5-17-11-3-2-9(13(15)18)6-10(11)14/h2-3,6-7H,4-5H2,1H3,(H2,15,18). The molecule has 6 heteroatoms. The quantitative estimate of drug-likeness (QED) is 0.833. The van der Waals surface area contributed by atoms with Gasteiger partial charge in [0.25, 0.3) is 0 Å². The van der Waals surface area contributed by atoms with Crippen LogP contribution in [0.25, 0.3) is 0 Å². The summed E-state index contributed by atoms with van der Waals surface area (Å²) < 4.78 is 6.61. The molecule has 0 saturated heterocycles. The third-order valence-corrected chi connectivity index (χ3v) is 4.50. The second kappa shape index (κ2) is 6.45. The highest BCUT2D eigenvalue weighted by molar-refractivity contribution is 9.10. The maximum Gasteiger partial charge on any atom is 0.133 e. The van der Waals surface area contributed by atoms with Crippen LogP contribution < -0.4 is 10.5 Å². The Labute approximate surface area is 129 Å². The van der Waals surface area contributed by atoms with Gasteiger partial charge >= 0.3 is 0 Å². The van der Waals surface area contributed by atoms with Crippen LogP contribution in [0.1, 0.15) is 16.1 Å². The normalized spacial score (nSPS) is 10.4. The monoisotopic (exact) mass is 356 g/mol. The van der Waals surface area contributed by atoms with Crippen molar-refractivity contribution in [3.63, 3.8) is 0 Å². The van der Waals surface area contributed by atoms with Crippen molar-refractivity contribution >= 4 is 44.5 Å². The van der Waals surface area contributed by atoms with Gasteiger partial charge in [0.05, 0.1) is 22.3 Å². The summed E-state index contributed by atoms with van der Waals surface area (Å²) in [7, 11) is 0. The maximum absolute atomic E-state index is 5.75. The van der Waals surface area contributed by atoms with E-state index in [-0.39, 0.29) is 0 Å². The molecule has 0 spiro atoms. The minimum Gasteiger partial charge on any atom is -0.492 e. The second-order valence-electron chi connectivity index (χ2n) is 3.97. The van der Waals surface area contributed by atoms with E-state index >= 15 is 0 Å². The van der Waals surface area contributed by atoms with Crippen LogP contribution in [0.2, 0.25) is 0 Å². The van der Waals surface area contributed by atoms with E-state index in [0.717, 1.165) is 27.9 Å². The Morgan fingerprint density at radius 1 is 1.53 bits per heavy atom. The van der Waals surface area contributed by atoms with Gasteiger partial charge < -0.3 is 10.5 Å². The molecule has 1 aromatic carbocycles. The minimum absolute atomic E-state index is 0.382. The molecule has 1 heterocycles. The van der Waals surface area contributed by atoms with Gasteiger partial charge in [0, 0.05) is 16.9 Å². The molecule has 0 unspecified atom stereocenters. The van der Waals surface area contributed by atoms with E-state index in [9.17, 15) is 0 Å². The molecule has 0 fully saturated rings. The topological polar surface area (TPSA) is 48.1 Å². The molecular formula is C13H13BrN2OS2. The van der Waals surface area contributed by atoms with Crippen LogP contribution in [-0.2, 0) is 6.42 Å². The van der Waals surface area contributed by atoms with Crippen LogP contribution in [-0.4, -0.2) is 16.6 Å². The molecule has 1 aromatic heterocycles. The van der Waals surface area contributed by atoms with E-state index in [1.807, 2.05) is 30.6 Å². The van der Waals surface area contributed by atoms with Crippen molar-refractivity contribution in [3.05, 3.63) is 44.3 Å². The van der Waals surface area contributed by atoms with Crippen molar-refractivity contribution < 1.29 is 4.74 Å². The molecule has 2 N–H and O–H groups in total. The SMILES string of the molecule is Cc1ncsc1CCOc1ccc(C(N)=S)cc1Br.